The summed E-state index contributed by atoms with van der Waals surface area (Å²) in [5.74, 6) is 0.950. The van der Waals surface area contributed by atoms with E-state index in [9.17, 15) is 0 Å². The molecule has 1 unspecified atom stereocenters. The number of para-hydroxylation sites is 2. The largest absolute Gasteiger partial charge is 0.292 e. The zero-order chi connectivity index (χ0) is 31.1. The molecule has 0 radical (unpaired) electrons. The van der Waals surface area contributed by atoms with E-state index in [1.807, 2.05) is 0 Å². The van der Waals surface area contributed by atoms with E-state index in [0.717, 1.165) is 28.1 Å². The van der Waals surface area contributed by atoms with Crippen molar-refractivity contribution in [2.45, 2.75) is 12.3 Å². The third-order valence-electron chi connectivity index (χ3n) is 10.3. The van der Waals surface area contributed by atoms with Gasteiger partial charge >= 0.3 is 0 Å². The summed E-state index contributed by atoms with van der Waals surface area (Å²) >= 11 is 0. The van der Waals surface area contributed by atoms with Crippen molar-refractivity contribution in [3.8, 4) is 50.5 Å². The maximum absolute atomic E-state index is 5.05. The van der Waals surface area contributed by atoms with Gasteiger partial charge in [-0.05, 0) is 92.9 Å². The molecule has 0 amide bonds. The predicted octanol–water partition coefficient (Wildman–Crippen LogP) is 11.0. The zero-order valence-electron chi connectivity index (χ0n) is 26.0. The summed E-state index contributed by atoms with van der Waals surface area (Å²) in [5.41, 5.74) is 18.5. The van der Waals surface area contributed by atoms with Crippen LogP contribution in [0.25, 0.3) is 61.5 Å². The lowest BCUT2D eigenvalue weighted by atomic mass is 9.70. The van der Waals surface area contributed by atoms with Crippen molar-refractivity contribution in [1.82, 2.24) is 9.55 Å². The highest BCUT2D eigenvalue weighted by molar-refractivity contribution is 5.96. The van der Waals surface area contributed by atoms with Gasteiger partial charge in [0.25, 0.3) is 0 Å². The van der Waals surface area contributed by atoms with Crippen LogP contribution in [0.2, 0.25) is 0 Å². The fourth-order valence-electron chi connectivity index (χ4n) is 8.30. The van der Waals surface area contributed by atoms with Crippen molar-refractivity contribution < 1.29 is 0 Å². The Hall–Kier alpha value is -5.99. The summed E-state index contributed by atoms with van der Waals surface area (Å²) in [5, 5.41) is 0. The van der Waals surface area contributed by atoms with Gasteiger partial charge in [0.2, 0.25) is 0 Å². The van der Waals surface area contributed by atoms with E-state index in [-0.39, 0.29) is 5.41 Å². The van der Waals surface area contributed by atoms with E-state index in [4.69, 9.17) is 4.98 Å². The molecule has 0 bridgehead atoms. The Morgan fingerprint density at radius 2 is 1.02 bits per heavy atom. The van der Waals surface area contributed by atoms with Gasteiger partial charge in [-0.1, -0.05) is 139 Å². The SMILES string of the molecule is Cc1ccc2c(c1)C1(c3ccccc3-2)c2ccccc2-c2ccc(-c3ccc(-n4c(-c5ccccc5)nc5ccccc54)cc3)cc21. The molecule has 8 aromatic rings. The zero-order valence-corrected chi connectivity index (χ0v) is 26.0. The number of hydrogen-bond donors (Lipinski definition) is 0. The van der Waals surface area contributed by atoms with Crippen molar-refractivity contribution >= 4 is 11.0 Å². The Bertz CT molecular complexity index is 2510. The number of benzene rings is 7. The van der Waals surface area contributed by atoms with E-state index in [1.54, 1.807) is 0 Å². The van der Waals surface area contributed by atoms with Crippen LogP contribution in [0.4, 0.5) is 0 Å². The molecule has 47 heavy (non-hydrogen) atoms. The smallest absolute Gasteiger partial charge is 0.145 e. The quantitative estimate of drug-likeness (QED) is 0.198. The van der Waals surface area contributed by atoms with Crippen LogP contribution in [-0.4, -0.2) is 9.55 Å². The molecular weight excluding hydrogens is 569 g/mol. The van der Waals surface area contributed by atoms with Crippen LogP contribution in [0.15, 0.2) is 164 Å². The highest BCUT2D eigenvalue weighted by Gasteiger charge is 2.51. The van der Waals surface area contributed by atoms with Crippen molar-refractivity contribution in [2.75, 3.05) is 0 Å². The molecule has 220 valence electrons. The van der Waals surface area contributed by atoms with Crippen LogP contribution >= 0.6 is 0 Å². The van der Waals surface area contributed by atoms with E-state index in [1.165, 1.54) is 61.2 Å². The minimum Gasteiger partial charge on any atom is -0.292 e. The molecular formula is C45H30N2. The molecule has 2 aliphatic rings. The summed E-state index contributed by atoms with van der Waals surface area (Å²) in [6.07, 6.45) is 0. The Kier molecular flexibility index (Phi) is 5.45. The van der Waals surface area contributed by atoms with Gasteiger partial charge in [-0.25, -0.2) is 4.98 Å². The number of imidazole rings is 1. The first-order chi connectivity index (χ1) is 23.2. The molecule has 2 heteroatoms. The summed E-state index contributed by atoms with van der Waals surface area (Å²) in [7, 11) is 0. The highest BCUT2D eigenvalue weighted by atomic mass is 15.1. The first-order valence-corrected chi connectivity index (χ1v) is 16.3. The predicted molar refractivity (Wildman–Crippen MR) is 193 cm³/mol. The molecule has 10 rings (SSSR count). The van der Waals surface area contributed by atoms with Crippen molar-refractivity contribution in [1.29, 1.82) is 0 Å². The molecule has 0 N–H and O–H groups in total. The average Bonchev–Trinajstić information content (AvgIpc) is 3.76. The maximum Gasteiger partial charge on any atom is 0.145 e. The molecule has 2 aliphatic carbocycles. The molecule has 1 spiro atoms. The fourth-order valence-corrected chi connectivity index (χ4v) is 8.30. The van der Waals surface area contributed by atoms with Crippen LogP contribution in [0.1, 0.15) is 27.8 Å². The van der Waals surface area contributed by atoms with Crippen LogP contribution in [-0.2, 0) is 5.41 Å². The summed E-state index contributed by atoms with van der Waals surface area (Å²) in [6, 6.07) is 60.0. The lowest BCUT2D eigenvalue weighted by molar-refractivity contribution is 0.793. The summed E-state index contributed by atoms with van der Waals surface area (Å²) < 4.78 is 2.28. The van der Waals surface area contributed by atoms with Crippen LogP contribution in [0.5, 0.6) is 0 Å². The Labute approximate surface area is 274 Å². The monoisotopic (exact) mass is 598 g/mol. The van der Waals surface area contributed by atoms with E-state index in [2.05, 4.69) is 175 Å². The minimum absolute atomic E-state index is 0.347. The molecule has 1 aromatic heterocycles. The molecule has 1 heterocycles. The number of fused-ring (bicyclic) bond motifs is 11. The van der Waals surface area contributed by atoms with Crippen molar-refractivity contribution in [3.05, 3.63) is 192 Å². The topological polar surface area (TPSA) is 17.8 Å². The van der Waals surface area contributed by atoms with Gasteiger partial charge in [0, 0.05) is 11.3 Å². The molecule has 1 atom stereocenters. The molecule has 2 nitrogen and oxygen atoms in total. The van der Waals surface area contributed by atoms with E-state index >= 15 is 0 Å². The lowest BCUT2D eigenvalue weighted by Crippen LogP contribution is -2.26. The molecule has 7 aromatic carbocycles. The van der Waals surface area contributed by atoms with Gasteiger partial charge in [0.15, 0.2) is 0 Å². The van der Waals surface area contributed by atoms with Gasteiger partial charge in [-0.3, -0.25) is 4.57 Å². The molecule has 0 fully saturated rings. The van der Waals surface area contributed by atoms with Gasteiger partial charge in [0.05, 0.1) is 16.4 Å². The van der Waals surface area contributed by atoms with Gasteiger partial charge in [0.1, 0.15) is 5.82 Å². The normalized spacial score (nSPS) is 15.4. The Balaban J connectivity index is 1.15. The van der Waals surface area contributed by atoms with Gasteiger partial charge < -0.3 is 0 Å². The third kappa shape index (κ3) is 3.58. The minimum atomic E-state index is -0.347. The molecule has 0 aliphatic heterocycles. The summed E-state index contributed by atoms with van der Waals surface area (Å²) in [4.78, 5) is 5.05. The Morgan fingerprint density at radius 3 is 1.77 bits per heavy atom. The van der Waals surface area contributed by atoms with E-state index < -0.39 is 0 Å². The first-order valence-electron chi connectivity index (χ1n) is 16.3. The lowest BCUT2D eigenvalue weighted by Gasteiger charge is -2.31. The van der Waals surface area contributed by atoms with E-state index in [0.29, 0.717) is 0 Å². The molecule has 0 saturated heterocycles. The van der Waals surface area contributed by atoms with Crippen molar-refractivity contribution in [2.24, 2.45) is 0 Å². The first kappa shape index (κ1) is 26.2. The second-order valence-electron chi connectivity index (χ2n) is 12.8. The van der Waals surface area contributed by atoms with Crippen LogP contribution < -0.4 is 0 Å². The number of aryl methyl sites for hydroxylation is 1. The standard InChI is InChI=1S/C45H30N2/c1-29-19-25-36-34-13-5-7-15-38(34)45(40(36)27-29)39-16-8-6-14-35(39)37-26-22-32(28-41(37)45)30-20-23-33(24-21-30)47-43-18-10-9-17-42(43)46-44(47)31-11-3-2-4-12-31/h2-28H,1H3. The van der Waals surface area contributed by atoms with Crippen molar-refractivity contribution in [3.63, 3.8) is 0 Å². The second-order valence-corrected chi connectivity index (χ2v) is 12.8. The highest BCUT2D eigenvalue weighted by Crippen LogP contribution is 2.63. The second kappa shape index (κ2) is 9.75. The Morgan fingerprint density at radius 1 is 0.447 bits per heavy atom. The van der Waals surface area contributed by atoms with Gasteiger partial charge in [-0.2, -0.15) is 0 Å². The molecule has 0 saturated carbocycles. The van der Waals surface area contributed by atoms with Crippen LogP contribution in [0.3, 0.4) is 0 Å². The number of aromatic nitrogens is 2. The van der Waals surface area contributed by atoms with Gasteiger partial charge in [-0.15, -0.1) is 0 Å². The third-order valence-corrected chi connectivity index (χ3v) is 10.3. The summed E-state index contributed by atoms with van der Waals surface area (Å²) in [6.45, 7) is 2.21. The number of nitrogens with zero attached hydrogens (tertiary/aromatic N) is 2. The fraction of sp³-hybridized carbons (Fsp3) is 0.0444. The van der Waals surface area contributed by atoms with Crippen LogP contribution in [0, 0.1) is 6.92 Å². The maximum atomic E-state index is 5.05. The number of hydrogen-bond acceptors (Lipinski definition) is 1. The average molecular weight is 599 g/mol. The number of rotatable bonds is 3.